The van der Waals surface area contributed by atoms with Crippen LogP contribution in [0.2, 0.25) is 0 Å². The number of hydrogen-bond acceptors (Lipinski definition) is 6. The zero-order chi connectivity index (χ0) is 21.0. The van der Waals surface area contributed by atoms with Gasteiger partial charge in [-0.15, -0.1) is 0 Å². The molecule has 1 aromatic carbocycles. The maximum Gasteiger partial charge on any atom is 0.306 e. The lowest BCUT2D eigenvalue weighted by Crippen LogP contribution is -2.31. The van der Waals surface area contributed by atoms with E-state index in [1.165, 1.54) is 0 Å². The van der Waals surface area contributed by atoms with Crippen LogP contribution in [0.1, 0.15) is 42.2 Å². The largest absolute Gasteiger partial charge is 0.459 e. The molecule has 152 valence electrons. The van der Waals surface area contributed by atoms with Gasteiger partial charge in [-0.25, -0.2) is 4.98 Å². The predicted octanol–water partition coefficient (Wildman–Crippen LogP) is 2.49. The van der Waals surface area contributed by atoms with Crippen LogP contribution < -0.4 is 10.9 Å². The fraction of sp³-hybridized carbons (Fsp3) is 0.333. The second kappa shape index (κ2) is 8.72. The van der Waals surface area contributed by atoms with Crippen molar-refractivity contribution in [3.8, 4) is 0 Å². The summed E-state index contributed by atoms with van der Waals surface area (Å²) in [4.78, 5) is 42.7. The molecule has 0 saturated heterocycles. The quantitative estimate of drug-likeness (QED) is 0.592. The van der Waals surface area contributed by atoms with Crippen molar-refractivity contribution in [3.05, 3.63) is 63.5 Å². The molecular formula is C21H23N3O5. The summed E-state index contributed by atoms with van der Waals surface area (Å²) >= 11 is 0. The van der Waals surface area contributed by atoms with Gasteiger partial charge in [-0.2, -0.15) is 0 Å². The highest BCUT2D eigenvalue weighted by Gasteiger charge is 2.16. The Kier molecular flexibility index (Phi) is 6.11. The van der Waals surface area contributed by atoms with Crippen molar-refractivity contribution in [2.75, 3.05) is 6.61 Å². The van der Waals surface area contributed by atoms with Crippen LogP contribution in [0, 0.1) is 13.8 Å². The number of amides is 1. The molecule has 0 saturated carbocycles. The Morgan fingerprint density at radius 2 is 2.03 bits per heavy atom. The van der Waals surface area contributed by atoms with E-state index in [0.717, 1.165) is 11.0 Å². The summed E-state index contributed by atoms with van der Waals surface area (Å²) in [6.45, 7) is 4.80. The molecule has 29 heavy (non-hydrogen) atoms. The number of ether oxygens (including phenoxy) is 1. The first kappa shape index (κ1) is 20.3. The fourth-order valence-corrected chi connectivity index (χ4v) is 3.06. The number of furan rings is 1. The van der Waals surface area contributed by atoms with E-state index in [0.29, 0.717) is 22.8 Å². The van der Waals surface area contributed by atoms with E-state index in [9.17, 15) is 14.4 Å². The third-order valence-electron chi connectivity index (χ3n) is 4.53. The standard InChI is InChI=1S/C21H23N3O5/c1-12-16(21(27)24-14(3)22-12)8-9-20(26)28-11-19(25)23-13(2)18-10-15-6-4-5-7-17(15)29-18/h4-7,10,13H,8-9,11H2,1-3H3,(H,23,25)(H,22,24,27)/t13-/m1/s1. The average molecular weight is 397 g/mol. The summed E-state index contributed by atoms with van der Waals surface area (Å²) in [6.07, 6.45) is 0.186. The fourth-order valence-electron chi connectivity index (χ4n) is 3.06. The summed E-state index contributed by atoms with van der Waals surface area (Å²) in [5, 5.41) is 3.69. The molecule has 0 bridgehead atoms. The van der Waals surface area contributed by atoms with Crippen molar-refractivity contribution in [1.82, 2.24) is 15.3 Å². The number of aromatic amines is 1. The van der Waals surface area contributed by atoms with Crippen molar-refractivity contribution < 1.29 is 18.7 Å². The first-order valence-corrected chi connectivity index (χ1v) is 9.33. The smallest absolute Gasteiger partial charge is 0.306 e. The lowest BCUT2D eigenvalue weighted by atomic mass is 10.1. The van der Waals surface area contributed by atoms with Crippen LogP contribution in [-0.4, -0.2) is 28.5 Å². The van der Waals surface area contributed by atoms with Gasteiger partial charge in [0.2, 0.25) is 0 Å². The number of nitrogens with zero attached hydrogens (tertiary/aromatic N) is 1. The van der Waals surface area contributed by atoms with Gasteiger partial charge in [0.1, 0.15) is 17.2 Å². The van der Waals surface area contributed by atoms with E-state index in [4.69, 9.17) is 9.15 Å². The molecule has 2 N–H and O–H groups in total. The lowest BCUT2D eigenvalue weighted by molar-refractivity contribution is -0.148. The summed E-state index contributed by atoms with van der Waals surface area (Å²) in [7, 11) is 0. The molecule has 1 amide bonds. The number of benzene rings is 1. The minimum Gasteiger partial charge on any atom is -0.459 e. The zero-order valence-electron chi connectivity index (χ0n) is 16.6. The van der Waals surface area contributed by atoms with Crippen molar-refractivity contribution in [2.24, 2.45) is 0 Å². The molecule has 0 aliphatic carbocycles. The Labute approximate surface area is 167 Å². The number of nitrogens with one attached hydrogen (secondary N) is 2. The summed E-state index contributed by atoms with van der Waals surface area (Å²) in [5.41, 5.74) is 1.50. The van der Waals surface area contributed by atoms with Crippen molar-refractivity contribution >= 4 is 22.8 Å². The average Bonchev–Trinajstić information content (AvgIpc) is 3.10. The zero-order valence-corrected chi connectivity index (χ0v) is 16.6. The normalized spacial score (nSPS) is 12.0. The predicted molar refractivity (Wildman–Crippen MR) is 106 cm³/mol. The molecule has 1 atom stereocenters. The first-order valence-electron chi connectivity index (χ1n) is 9.33. The van der Waals surface area contributed by atoms with Crippen LogP contribution in [0.15, 0.2) is 39.5 Å². The molecule has 0 aliphatic rings. The van der Waals surface area contributed by atoms with Gasteiger partial charge in [0.05, 0.1) is 6.04 Å². The molecule has 2 heterocycles. The summed E-state index contributed by atoms with van der Waals surface area (Å²) in [6, 6.07) is 9.06. The number of aromatic nitrogens is 2. The summed E-state index contributed by atoms with van der Waals surface area (Å²) < 4.78 is 10.7. The highest BCUT2D eigenvalue weighted by atomic mass is 16.5. The van der Waals surface area contributed by atoms with Gasteiger partial charge < -0.3 is 19.5 Å². The molecule has 3 aromatic rings. The summed E-state index contributed by atoms with van der Waals surface area (Å²) in [5.74, 6) is 0.148. The number of carbonyl (C=O) groups is 2. The van der Waals surface area contributed by atoms with Gasteiger partial charge in [-0.1, -0.05) is 18.2 Å². The number of carbonyl (C=O) groups excluding carboxylic acids is 2. The Balaban J connectivity index is 1.47. The van der Waals surface area contributed by atoms with Crippen LogP contribution in [0.3, 0.4) is 0 Å². The molecule has 0 unspecified atom stereocenters. The van der Waals surface area contributed by atoms with E-state index in [1.54, 1.807) is 20.8 Å². The van der Waals surface area contributed by atoms with E-state index in [1.807, 2.05) is 30.3 Å². The number of aryl methyl sites for hydroxylation is 2. The van der Waals surface area contributed by atoms with Crippen LogP contribution >= 0.6 is 0 Å². The van der Waals surface area contributed by atoms with E-state index in [-0.39, 0.29) is 24.4 Å². The van der Waals surface area contributed by atoms with Gasteiger partial charge in [0.15, 0.2) is 6.61 Å². The molecule has 2 aromatic heterocycles. The third-order valence-corrected chi connectivity index (χ3v) is 4.53. The topological polar surface area (TPSA) is 114 Å². The van der Waals surface area contributed by atoms with Gasteiger partial charge in [-0.3, -0.25) is 14.4 Å². The Morgan fingerprint density at radius 3 is 2.76 bits per heavy atom. The Hall–Kier alpha value is -3.42. The third kappa shape index (κ3) is 5.10. The molecular weight excluding hydrogens is 374 g/mol. The van der Waals surface area contributed by atoms with Gasteiger partial charge in [-0.05, 0) is 39.3 Å². The molecule has 0 spiro atoms. The van der Waals surface area contributed by atoms with Gasteiger partial charge in [0, 0.05) is 23.1 Å². The monoisotopic (exact) mass is 397 g/mol. The number of hydrogen-bond donors (Lipinski definition) is 2. The van der Waals surface area contributed by atoms with E-state index < -0.39 is 18.5 Å². The van der Waals surface area contributed by atoms with E-state index in [2.05, 4.69) is 15.3 Å². The SMILES string of the molecule is Cc1nc(C)c(CCC(=O)OCC(=O)N[C@H](C)c2cc3ccccc3o2)c(=O)[nH]1. The lowest BCUT2D eigenvalue weighted by Gasteiger charge is -2.11. The molecule has 0 aliphatic heterocycles. The van der Waals surface area contributed by atoms with Crippen LogP contribution in [-0.2, 0) is 20.7 Å². The Bertz CT molecular complexity index is 1070. The number of H-pyrrole nitrogens is 1. The number of para-hydroxylation sites is 1. The van der Waals surface area contributed by atoms with Gasteiger partial charge >= 0.3 is 5.97 Å². The maximum absolute atomic E-state index is 12.1. The second-order valence-electron chi connectivity index (χ2n) is 6.85. The highest BCUT2D eigenvalue weighted by molar-refractivity contribution is 5.81. The highest BCUT2D eigenvalue weighted by Crippen LogP contribution is 2.23. The molecule has 0 radical (unpaired) electrons. The first-order chi connectivity index (χ1) is 13.8. The van der Waals surface area contributed by atoms with Crippen molar-refractivity contribution in [1.29, 1.82) is 0 Å². The minimum atomic E-state index is -0.559. The second-order valence-corrected chi connectivity index (χ2v) is 6.85. The van der Waals surface area contributed by atoms with Crippen molar-refractivity contribution in [3.63, 3.8) is 0 Å². The van der Waals surface area contributed by atoms with Crippen LogP contribution in [0.4, 0.5) is 0 Å². The van der Waals surface area contributed by atoms with E-state index >= 15 is 0 Å². The molecule has 0 fully saturated rings. The van der Waals surface area contributed by atoms with Crippen LogP contribution in [0.25, 0.3) is 11.0 Å². The molecule has 8 nitrogen and oxygen atoms in total. The number of esters is 1. The minimum absolute atomic E-state index is 0.0128. The number of rotatable bonds is 7. The number of fused-ring (bicyclic) bond motifs is 1. The maximum atomic E-state index is 12.1. The van der Waals surface area contributed by atoms with Gasteiger partial charge in [0.25, 0.3) is 11.5 Å². The van der Waals surface area contributed by atoms with Crippen LogP contribution in [0.5, 0.6) is 0 Å². The van der Waals surface area contributed by atoms with Crippen molar-refractivity contribution in [2.45, 2.75) is 39.7 Å². The molecule has 3 rings (SSSR count). The molecule has 8 heteroatoms. The Morgan fingerprint density at radius 1 is 1.28 bits per heavy atom.